The van der Waals surface area contributed by atoms with E-state index in [1.54, 1.807) is 46.1 Å². The van der Waals surface area contributed by atoms with Crippen LogP contribution in [-0.2, 0) is 22.7 Å². The number of hydrazine groups is 1. The Morgan fingerprint density at radius 3 is 2.22 bits per heavy atom. The van der Waals surface area contributed by atoms with Gasteiger partial charge in [0.2, 0.25) is 11.8 Å². The monoisotopic (exact) mass is 499 g/mol. The molecule has 4 rings (SSSR count). The number of benzene rings is 2. The van der Waals surface area contributed by atoms with Crippen LogP contribution in [0.3, 0.4) is 0 Å². The van der Waals surface area contributed by atoms with Gasteiger partial charge in [-0.1, -0.05) is 44.0 Å². The SMILES string of the molecule is CCCC[C@H]1C(=O)N(Cc2ccc(F)cc2)CC2N1C(=O)CN(C)N2C(=O)NCc1ccc(F)cc1. The molecule has 0 saturated carbocycles. The van der Waals surface area contributed by atoms with E-state index in [-0.39, 0.29) is 49.6 Å². The fourth-order valence-electron chi connectivity index (χ4n) is 4.79. The van der Waals surface area contributed by atoms with Crippen molar-refractivity contribution in [2.24, 2.45) is 0 Å². The maximum absolute atomic E-state index is 13.5. The summed E-state index contributed by atoms with van der Waals surface area (Å²) in [6.45, 7) is 2.53. The zero-order valence-corrected chi connectivity index (χ0v) is 20.5. The Morgan fingerprint density at radius 1 is 1.00 bits per heavy atom. The number of carbonyl (C=O) groups excluding carboxylic acids is 3. The lowest BCUT2D eigenvalue weighted by atomic mass is 10.0. The molecule has 8 nitrogen and oxygen atoms in total. The fraction of sp³-hybridized carbons (Fsp3) is 0.423. The number of rotatable bonds is 7. The van der Waals surface area contributed by atoms with Gasteiger partial charge < -0.3 is 15.1 Å². The van der Waals surface area contributed by atoms with Crippen LogP contribution in [0.4, 0.5) is 13.6 Å². The van der Waals surface area contributed by atoms with Crippen molar-refractivity contribution in [2.45, 2.75) is 51.5 Å². The van der Waals surface area contributed by atoms with Crippen LogP contribution in [0.2, 0.25) is 0 Å². The molecule has 2 heterocycles. The lowest BCUT2D eigenvalue weighted by Crippen LogP contribution is -2.75. The molecule has 1 N–H and O–H groups in total. The fourth-order valence-corrected chi connectivity index (χ4v) is 4.79. The molecule has 0 bridgehead atoms. The Labute approximate surface area is 209 Å². The summed E-state index contributed by atoms with van der Waals surface area (Å²) < 4.78 is 26.6. The molecule has 192 valence electrons. The van der Waals surface area contributed by atoms with Crippen molar-refractivity contribution in [3.63, 3.8) is 0 Å². The summed E-state index contributed by atoms with van der Waals surface area (Å²) in [5.41, 5.74) is 1.49. The largest absolute Gasteiger partial charge is 0.334 e. The first kappa shape index (κ1) is 25.6. The summed E-state index contributed by atoms with van der Waals surface area (Å²) in [7, 11) is 1.66. The molecular weight excluding hydrogens is 468 g/mol. The van der Waals surface area contributed by atoms with Gasteiger partial charge in [-0.2, -0.15) is 0 Å². The Hall–Kier alpha value is -3.53. The van der Waals surface area contributed by atoms with Gasteiger partial charge in [-0.25, -0.2) is 23.6 Å². The standard InChI is InChI=1S/C26H31F2N5O3/c1-3-4-5-22-25(35)31(15-19-8-12-21(28)13-9-19)16-23-32(22)24(34)17-30(2)33(23)26(36)29-14-18-6-10-20(27)11-7-18/h6-13,22-23H,3-5,14-17H2,1-2H3,(H,29,36)/t22-,23?/m0/s1. The van der Waals surface area contributed by atoms with Crippen molar-refractivity contribution < 1.29 is 23.2 Å². The van der Waals surface area contributed by atoms with Crippen LogP contribution < -0.4 is 5.32 Å². The minimum Gasteiger partial charge on any atom is -0.333 e. The van der Waals surface area contributed by atoms with Crippen LogP contribution in [-0.4, -0.2) is 70.0 Å². The predicted octanol–water partition coefficient (Wildman–Crippen LogP) is 3.09. The van der Waals surface area contributed by atoms with E-state index in [0.717, 1.165) is 24.0 Å². The van der Waals surface area contributed by atoms with Gasteiger partial charge in [0, 0.05) is 20.1 Å². The number of halogens is 2. The zero-order chi connectivity index (χ0) is 25.8. The van der Waals surface area contributed by atoms with E-state index < -0.39 is 18.2 Å². The average molecular weight is 500 g/mol. The number of carbonyl (C=O) groups is 3. The number of nitrogens with one attached hydrogen (secondary N) is 1. The maximum Gasteiger partial charge on any atom is 0.334 e. The maximum atomic E-state index is 13.5. The van der Waals surface area contributed by atoms with Crippen molar-refractivity contribution in [2.75, 3.05) is 20.1 Å². The number of fused-ring (bicyclic) bond motifs is 1. The number of amides is 4. The van der Waals surface area contributed by atoms with E-state index in [9.17, 15) is 23.2 Å². The molecule has 2 aliphatic heterocycles. The zero-order valence-electron chi connectivity index (χ0n) is 20.5. The molecule has 2 fully saturated rings. The first-order valence-electron chi connectivity index (χ1n) is 12.2. The number of likely N-dealkylation sites (N-methyl/N-ethyl adjacent to an activating group) is 1. The van der Waals surface area contributed by atoms with Crippen molar-refractivity contribution in [3.05, 3.63) is 71.3 Å². The predicted molar refractivity (Wildman–Crippen MR) is 129 cm³/mol. The molecule has 0 aliphatic carbocycles. The molecule has 10 heteroatoms. The summed E-state index contributed by atoms with van der Waals surface area (Å²) in [5, 5.41) is 5.89. The highest BCUT2D eigenvalue weighted by Crippen LogP contribution is 2.29. The van der Waals surface area contributed by atoms with Gasteiger partial charge in [0.05, 0.1) is 13.1 Å². The van der Waals surface area contributed by atoms with Gasteiger partial charge in [-0.05, 0) is 41.8 Å². The van der Waals surface area contributed by atoms with Gasteiger partial charge in [0.25, 0.3) is 0 Å². The quantitative estimate of drug-likeness (QED) is 0.635. The van der Waals surface area contributed by atoms with Crippen LogP contribution in [0.1, 0.15) is 37.3 Å². The van der Waals surface area contributed by atoms with Gasteiger partial charge in [0.15, 0.2) is 0 Å². The summed E-state index contributed by atoms with van der Waals surface area (Å²) in [5.74, 6) is -1.10. The minimum absolute atomic E-state index is 0.0334. The second-order valence-corrected chi connectivity index (χ2v) is 9.23. The van der Waals surface area contributed by atoms with Crippen LogP contribution in [0.15, 0.2) is 48.5 Å². The Morgan fingerprint density at radius 2 is 1.61 bits per heavy atom. The number of piperazine rings is 1. The summed E-state index contributed by atoms with van der Waals surface area (Å²) >= 11 is 0. The summed E-state index contributed by atoms with van der Waals surface area (Å²) in [4.78, 5) is 43.1. The lowest BCUT2D eigenvalue weighted by molar-refractivity contribution is -0.188. The van der Waals surface area contributed by atoms with Gasteiger partial charge in [-0.3, -0.25) is 9.59 Å². The van der Waals surface area contributed by atoms with Crippen LogP contribution in [0.5, 0.6) is 0 Å². The second kappa shape index (κ2) is 11.0. The minimum atomic E-state index is -0.690. The van der Waals surface area contributed by atoms with E-state index in [0.29, 0.717) is 6.42 Å². The van der Waals surface area contributed by atoms with E-state index in [1.807, 2.05) is 6.92 Å². The third-order valence-corrected chi connectivity index (χ3v) is 6.62. The van der Waals surface area contributed by atoms with Crippen LogP contribution in [0, 0.1) is 11.6 Å². The van der Waals surface area contributed by atoms with Crippen molar-refractivity contribution in [1.29, 1.82) is 0 Å². The van der Waals surface area contributed by atoms with Gasteiger partial charge in [-0.15, -0.1) is 0 Å². The van der Waals surface area contributed by atoms with E-state index in [4.69, 9.17) is 0 Å². The van der Waals surface area contributed by atoms with Gasteiger partial charge >= 0.3 is 6.03 Å². The molecular formula is C26H31F2N5O3. The normalized spacial score (nSPS) is 20.5. The first-order chi connectivity index (χ1) is 17.3. The highest BCUT2D eigenvalue weighted by Gasteiger charge is 2.50. The highest BCUT2D eigenvalue weighted by molar-refractivity contribution is 5.91. The number of urea groups is 1. The smallest absolute Gasteiger partial charge is 0.333 e. The Bertz CT molecular complexity index is 1100. The van der Waals surface area contributed by atoms with Crippen molar-refractivity contribution >= 4 is 17.8 Å². The number of hydrogen-bond acceptors (Lipinski definition) is 4. The molecule has 0 spiro atoms. The third kappa shape index (κ3) is 5.48. The second-order valence-electron chi connectivity index (χ2n) is 9.23. The number of hydrogen-bond donors (Lipinski definition) is 1. The van der Waals surface area contributed by atoms with Crippen molar-refractivity contribution in [1.82, 2.24) is 25.1 Å². The van der Waals surface area contributed by atoms with E-state index >= 15 is 0 Å². The topological polar surface area (TPSA) is 76.2 Å². The van der Waals surface area contributed by atoms with E-state index in [1.165, 1.54) is 29.3 Å². The summed E-state index contributed by atoms with van der Waals surface area (Å²) in [6, 6.07) is 10.7. The molecule has 36 heavy (non-hydrogen) atoms. The molecule has 1 unspecified atom stereocenters. The first-order valence-corrected chi connectivity index (χ1v) is 12.2. The molecule has 2 saturated heterocycles. The molecule has 2 atom stereocenters. The average Bonchev–Trinajstić information content (AvgIpc) is 2.85. The Kier molecular flexibility index (Phi) is 7.83. The summed E-state index contributed by atoms with van der Waals surface area (Å²) in [6.07, 6.45) is 1.41. The van der Waals surface area contributed by atoms with Crippen LogP contribution in [0.25, 0.3) is 0 Å². The highest BCUT2D eigenvalue weighted by atomic mass is 19.1. The molecule has 0 radical (unpaired) electrons. The molecule has 2 aromatic carbocycles. The molecule has 0 aromatic heterocycles. The lowest BCUT2D eigenvalue weighted by Gasteiger charge is -2.54. The molecule has 4 amide bonds. The van der Waals surface area contributed by atoms with E-state index in [2.05, 4.69) is 5.32 Å². The van der Waals surface area contributed by atoms with Gasteiger partial charge in [0.1, 0.15) is 23.8 Å². The molecule has 2 aromatic rings. The number of unbranched alkanes of at least 4 members (excludes halogenated alkanes) is 1. The third-order valence-electron chi connectivity index (χ3n) is 6.62. The molecule has 2 aliphatic rings. The van der Waals surface area contributed by atoms with Crippen LogP contribution >= 0.6 is 0 Å². The van der Waals surface area contributed by atoms with Crippen molar-refractivity contribution in [3.8, 4) is 0 Å². The Balaban J connectivity index is 1.58. The number of nitrogens with zero attached hydrogens (tertiary/aromatic N) is 4.